The fraction of sp³-hybridized carbons (Fsp3) is 0.200. The van der Waals surface area contributed by atoms with E-state index in [9.17, 15) is 9.59 Å². The normalized spacial score (nSPS) is 12.1. The molecule has 0 bridgehead atoms. The zero-order chi connectivity index (χ0) is 17.3. The van der Waals surface area contributed by atoms with Gasteiger partial charge in [-0.1, -0.05) is 30.3 Å². The van der Waals surface area contributed by atoms with Crippen molar-refractivity contribution in [1.82, 2.24) is 0 Å². The van der Waals surface area contributed by atoms with Gasteiger partial charge >= 0.3 is 5.63 Å². The number of ether oxygens (including phenoxy) is 1. The third-order valence-electron chi connectivity index (χ3n) is 3.91. The van der Waals surface area contributed by atoms with Crippen molar-refractivity contribution in [3.8, 4) is 16.9 Å². The van der Waals surface area contributed by atoms with Crippen molar-refractivity contribution in [1.29, 1.82) is 0 Å². The van der Waals surface area contributed by atoms with Crippen LogP contribution >= 0.6 is 0 Å². The van der Waals surface area contributed by atoms with Crippen molar-refractivity contribution in [2.24, 2.45) is 0 Å². The Morgan fingerprint density at radius 2 is 1.83 bits per heavy atom. The minimum Gasteiger partial charge on any atom is -0.482 e. The number of aryl methyl sites for hydroxylation is 1. The largest absolute Gasteiger partial charge is 0.482 e. The first-order valence-electron chi connectivity index (χ1n) is 7.77. The van der Waals surface area contributed by atoms with Gasteiger partial charge in [0.05, 0.1) is 5.39 Å². The quantitative estimate of drug-likeness (QED) is 0.678. The Morgan fingerprint density at radius 1 is 1.12 bits per heavy atom. The van der Waals surface area contributed by atoms with Crippen molar-refractivity contribution < 1.29 is 13.9 Å². The highest BCUT2D eigenvalue weighted by Gasteiger charge is 2.17. The smallest absolute Gasteiger partial charge is 0.336 e. The zero-order valence-electron chi connectivity index (χ0n) is 13.8. The summed E-state index contributed by atoms with van der Waals surface area (Å²) in [6.45, 7) is 5.08. The molecule has 0 unspecified atom stereocenters. The Hall–Kier alpha value is -2.88. The predicted molar refractivity (Wildman–Crippen MR) is 93.4 cm³/mol. The Labute approximate surface area is 139 Å². The van der Waals surface area contributed by atoms with Crippen molar-refractivity contribution >= 4 is 16.8 Å². The molecule has 0 saturated carbocycles. The van der Waals surface area contributed by atoms with Gasteiger partial charge in [-0.3, -0.25) is 4.79 Å². The van der Waals surface area contributed by atoms with E-state index in [1.54, 1.807) is 13.0 Å². The monoisotopic (exact) mass is 322 g/mol. The summed E-state index contributed by atoms with van der Waals surface area (Å²) >= 11 is 0. The maximum atomic E-state index is 12.0. The summed E-state index contributed by atoms with van der Waals surface area (Å²) in [6, 6.07) is 14.7. The fourth-order valence-electron chi connectivity index (χ4n) is 2.61. The van der Waals surface area contributed by atoms with Gasteiger partial charge in [0, 0.05) is 11.6 Å². The molecule has 0 N–H and O–H groups in total. The van der Waals surface area contributed by atoms with Gasteiger partial charge in [-0.2, -0.15) is 0 Å². The van der Waals surface area contributed by atoms with E-state index < -0.39 is 11.7 Å². The molecule has 4 nitrogen and oxygen atoms in total. The number of Topliss-reactive ketones (excluding diaryl/α,β-unsaturated/α-hetero) is 1. The van der Waals surface area contributed by atoms with Gasteiger partial charge < -0.3 is 9.15 Å². The summed E-state index contributed by atoms with van der Waals surface area (Å²) in [4.78, 5) is 23.5. The Morgan fingerprint density at radius 3 is 2.50 bits per heavy atom. The highest BCUT2D eigenvalue weighted by Crippen LogP contribution is 2.35. The highest BCUT2D eigenvalue weighted by molar-refractivity contribution is 5.98. The van der Waals surface area contributed by atoms with Gasteiger partial charge in [-0.05, 0) is 44.0 Å². The summed E-state index contributed by atoms with van der Waals surface area (Å²) in [7, 11) is 0. The van der Waals surface area contributed by atoms with Crippen LogP contribution in [0.3, 0.4) is 0 Å². The van der Waals surface area contributed by atoms with Gasteiger partial charge in [-0.15, -0.1) is 0 Å². The molecule has 0 aliphatic rings. The fourth-order valence-corrected chi connectivity index (χ4v) is 2.61. The lowest BCUT2D eigenvalue weighted by atomic mass is 10.00. The molecule has 3 rings (SSSR count). The van der Waals surface area contributed by atoms with E-state index in [1.165, 1.54) is 13.0 Å². The second-order valence-electron chi connectivity index (χ2n) is 5.85. The number of rotatable bonds is 4. The van der Waals surface area contributed by atoms with Crippen LogP contribution in [0.1, 0.15) is 19.4 Å². The molecule has 1 aromatic heterocycles. The molecule has 2 aromatic carbocycles. The molecule has 4 heteroatoms. The van der Waals surface area contributed by atoms with Crippen molar-refractivity contribution in [2.75, 3.05) is 0 Å². The summed E-state index contributed by atoms with van der Waals surface area (Å²) in [6.07, 6.45) is -0.578. The molecular formula is C20H18O4. The average molecular weight is 322 g/mol. The number of carbonyl (C=O) groups is 1. The first-order chi connectivity index (χ1) is 11.5. The number of carbonyl (C=O) groups excluding carboxylic acids is 1. The molecular weight excluding hydrogens is 304 g/mol. The molecule has 1 heterocycles. The molecule has 0 amide bonds. The first kappa shape index (κ1) is 16.0. The number of hydrogen-bond acceptors (Lipinski definition) is 4. The molecule has 0 aliphatic heterocycles. The molecule has 3 aromatic rings. The lowest BCUT2D eigenvalue weighted by Crippen LogP contribution is -2.21. The molecule has 0 spiro atoms. The van der Waals surface area contributed by atoms with E-state index in [4.69, 9.17) is 9.15 Å². The first-order valence-corrected chi connectivity index (χ1v) is 7.77. The van der Waals surface area contributed by atoms with Gasteiger partial charge in [-0.25, -0.2) is 4.79 Å². The molecule has 0 aliphatic carbocycles. The highest BCUT2D eigenvalue weighted by atomic mass is 16.5. The van der Waals surface area contributed by atoms with E-state index in [2.05, 4.69) is 0 Å². The maximum absolute atomic E-state index is 12.0. The number of hydrogen-bond donors (Lipinski definition) is 0. The van der Waals surface area contributed by atoms with Crippen LogP contribution in [0.4, 0.5) is 0 Å². The average Bonchev–Trinajstić information content (AvgIpc) is 2.54. The van der Waals surface area contributed by atoms with Crippen LogP contribution in [-0.2, 0) is 4.79 Å². The molecule has 122 valence electrons. The molecule has 1 atom stereocenters. The topological polar surface area (TPSA) is 56.5 Å². The second-order valence-corrected chi connectivity index (χ2v) is 5.85. The maximum Gasteiger partial charge on any atom is 0.336 e. The Kier molecular flexibility index (Phi) is 4.21. The molecule has 0 radical (unpaired) electrons. The Balaban J connectivity index is 2.31. The SMILES string of the molecule is CC(=O)[C@H](C)Oc1cc(C)cc2oc(=O)cc(-c3ccccc3)c12. The van der Waals surface area contributed by atoms with Crippen LogP contribution in [0, 0.1) is 6.92 Å². The second kappa shape index (κ2) is 6.32. The lowest BCUT2D eigenvalue weighted by molar-refractivity contribution is -0.122. The Bertz CT molecular complexity index is 955. The van der Waals surface area contributed by atoms with Crippen LogP contribution in [-0.4, -0.2) is 11.9 Å². The predicted octanol–water partition coefficient (Wildman–Crippen LogP) is 4.12. The summed E-state index contributed by atoms with van der Waals surface area (Å²) in [5.41, 5.74) is 2.54. The van der Waals surface area contributed by atoms with Gasteiger partial charge in [0.25, 0.3) is 0 Å². The van der Waals surface area contributed by atoms with E-state index in [1.807, 2.05) is 43.3 Å². The summed E-state index contributed by atoms with van der Waals surface area (Å²) in [5.74, 6) is 0.471. The molecule has 0 fully saturated rings. The van der Waals surface area contributed by atoms with E-state index in [0.717, 1.165) is 16.7 Å². The van der Waals surface area contributed by atoms with E-state index >= 15 is 0 Å². The van der Waals surface area contributed by atoms with Crippen LogP contribution < -0.4 is 10.4 Å². The van der Waals surface area contributed by atoms with Gasteiger partial charge in [0.1, 0.15) is 11.3 Å². The van der Waals surface area contributed by atoms with Gasteiger partial charge in [0.15, 0.2) is 11.9 Å². The van der Waals surface area contributed by atoms with E-state index in [-0.39, 0.29) is 5.78 Å². The molecule has 0 saturated heterocycles. The van der Waals surface area contributed by atoms with Crippen molar-refractivity contribution in [2.45, 2.75) is 26.9 Å². The third kappa shape index (κ3) is 3.08. The summed E-state index contributed by atoms with van der Waals surface area (Å²) < 4.78 is 11.2. The van der Waals surface area contributed by atoms with Crippen molar-refractivity contribution in [3.05, 3.63) is 64.5 Å². The van der Waals surface area contributed by atoms with Crippen LogP contribution in [0.2, 0.25) is 0 Å². The minimum absolute atomic E-state index is 0.0664. The van der Waals surface area contributed by atoms with Crippen LogP contribution in [0.15, 0.2) is 57.7 Å². The lowest BCUT2D eigenvalue weighted by Gasteiger charge is -2.16. The standard InChI is InChI=1S/C20H18O4/c1-12-9-17(23-14(3)13(2)21)20-16(15-7-5-4-6-8-15)11-19(22)24-18(20)10-12/h4-11,14H,1-3H3/t14-/m0/s1. The zero-order valence-corrected chi connectivity index (χ0v) is 13.8. The van der Waals surface area contributed by atoms with Gasteiger partial charge in [0.2, 0.25) is 0 Å². The minimum atomic E-state index is -0.578. The number of benzene rings is 2. The third-order valence-corrected chi connectivity index (χ3v) is 3.91. The van der Waals surface area contributed by atoms with E-state index in [0.29, 0.717) is 16.7 Å². The van der Waals surface area contributed by atoms with Crippen LogP contribution in [0.25, 0.3) is 22.1 Å². The molecule has 24 heavy (non-hydrogen) atoms. The number of ketones is 1. The number of fused-ring (bicyclic) bond motifs is 1. The van der Waals surface area contributed by atoms with Crippen LogP contribution in [0.5, 0.6) is 5.75 Å². The van der Waals surface area contributed by atoms with Crippen molar-refractivity contribution in [3.63, 3.8) is 0 Å². The summed E-state index contributed by atoms with van der Waals surface area (Å²) in [5, 5.41) is 0.694.